The normalized spacial score (nSPS) is 11.0. The minimum Gasteiger partial charge on any atom is -0.484 e. The molecule has 1 heterocycles. The van der Waals surface area contributed by atoms with Crippen LogP contribution in [0.3, 0.4) is 0 Å². The van der Waals surface area contributed by atoms with Gasteiger partial charge in [0.25, 0.3) is 0 Å². The molecule has 0 saturated carbocycles. The van der Waals surface area contributed by atoms with Crippen LogP contribution in [0, 0.1) is 5.82 Å². The zero-order chi connectivity index (χ0) is 13.8. The van der Waals surface area contributed by atoms with Gasteiger partial charge in [0, 0.05) is 24.3 Å². The summed E-state index contributed by atoms with van der Waals surface area (Å²) in [6.45, 7) is 4.56. The van der Waals surface area contributed by atoms with E-state index in [9.17, 15) is 4.39 Å². The minimum atomic E-state index is -0.397. The van der Waals surface area contributed by atoms with Gasteiger partial charge in [-0.05, 0) is 26.0 Å². The number of aromatic nitrogens is 2. The topological polar surface area (TPSA) is 53.1 Å². The molecule has 0 aliphatic carbocycles. The second kappa shape index (κ2) is 5.84. The predicted molar refractivity (Wildman–Crippen MR) is 71.2 cm³/mol. The zero-order valence-electron chi connectivity index (χ0n) is 11.1. The number of ether oxygens (including phenoxy) is 1. The number of nitrogens with zero attached hydrogens (tertiary/aromatic N) is 2. The Kier molecular flexibility index (Phi) is 4.16. The molecule has 1 aromatic heterocycles. The van der Waals surface area contributed by atoms with Crippen molar-refractivity contribution in [3.8, 4) is 5.75 Å². The van der Waals surface area contributed by atoms with E-state index in [0.29, 0.717) is 11.6 Å². The van der Waals surface area contributed by atoms with Gasteiger partial charge in [0.05, 0.1) is 5.69 Å². The highest BCUT2D eigenvalue weighted by atomic mass is 19.1. The molecule has 2 aromatic rings. The number of halogens is 1. The molecule has 4 nitrogen and oxygen atoms in total. The molecule has 19 heavy (non-hydrogen) atoms. The SMILES string of the molecule is CC(C)n1ccc(COc2c(F)cccc2CN)n1. The summed E-state index contributed by atoms with van der Waals surface area (Å²) in [5, 5.41) is 4.35. The molecule has 102 valence electrons. The fourth-order valence-electron chi connectivity index (χ4n) is 1.76. The molecule has 1 aromatic carbocycles. The first-order chi connectivity index (χ1) is 9.11. The highest BCUT2D eigenvalue weighted by Crippen LogP contribution is 2.23. The van der Waals surface area contributed by atoms with E-state index in [-0.39, 0.29) is 18.9 Å². The molecule has 0 aliphatic heterocycles. The smallest absolute Gasteiger partial charge is 0.165 e. The summed E-state index contributed by atoms with van der Waals surface area (Å²) in [7, 11) is 0. The van der Waals surface area contributed by atoms with Gasteiger partial charge < -0.3 is 10.5 Å². The van der Waals surface area contributed by atoms with E-state index < -0.39 is 5.82 Å². The third-order valence-electron chi connectivity index (χ3n) is 2.83. The third-order valence-corrected chi connectivity index (χ3v) is 2.83. The Hall–Kier alpha value is -1.88. The Morgan fingerprint density at radius 2 is 2.16 bits per heavy atom. The van der Waals surface area contributed by atoms with Gasteiger partial charge in [-0.2, -0.15) is 5.10 Å². The fraction of sp³-hybridized carbons (Fsp3) is 0.357. The first-order valence-corrected chi connectivity index (χ1v) is 6.26. The first-order valence-electron chi connectivity index (χ1n) is 6.26. The van der Waals surface area contributed by atoms with Crippen LogP contribution in [0.1, 0.15) is 31.1 Å². The molecule has 0 radical (unpaired) electrons. The Morgan fingerprint density at radius 1 is 1.37 bits per heavy atom. The van der Waals surface area contributed by atoms with Gasteiger partial charge in [0.15, 0.2) is 11.6 Å². The zero-order valence-corrected chi connectivity index (χ0v) is 11.1. The summed E-state index contributed by atoms with van der Waals surface area (Å²) in [6.07, 6.45) is 1.88. The average Bonchev–Trinajstić information content (AvgIpc) is 2.86. The molecule has 0 atom stereocenters. The van der Waals surface area contributed by atoms with Gasteiger partial charge in [-0.15, -0.1) is 0 Å². The Bertz CT molecular complexity index is 551. The number of para-hydroxylation sites is 1. The Balaban J connectivity index is 2.09. The van der Waals surface area contributed by atoms with Crippen LogP contribution in [0.4, 0.5) is 4.39 Å². The highest BCUT2D eigenvalue weighted by Gasteiger charge is 2.10. The van der Waals surface area contributed by atoms with Gasteiger partial charge in [0.2, 0.25) is 0 Å². The molecule has 2 N–H and O–H groups in total. The van der Waals surface area contributed by atoms with Crippen LogP contribution >= 0.6 is 0 Å². The van der Waals surface area contributed by atoms with E-state index in [1.165, 1.54) is 6.07 Å². The summed E-state index contributed by atoms with van der Waals surface area (Å²) < 4.78 is 21.0. The molecule has 0 aliphatic rings. The van der Waals surface area contributed by atoms with E-state index in [0.717, 1.165) is 5.69 Å². The van der Waals surface area contributed by atoms with Crippen molar-refractivity contribution < 1.29 is 9.13 Å². The van der Waals surface area contributed by atoms with Gasteiger partial charge >= 0.3 is 0 Å². The van der Waals surface area contributed by atoms with Crippen molar-refractivity contribution >= 4 is 0 Å². The van der Waals surface area contributed by atoms with E-state index in [1.807, 2.05) is 30.8 Å². The summed E-state index contributed by atoms with van der Waals surface area (Å²) in [6, 6.07) is 6.90. The van der Waals surface area contributed by atoms with E-state index >= 15 is 0 Å². The highest BCUT2D eigenvalue weighted by molar-refractivity contribution is 5.34. The number of hydrogen-bond donors (Lipinski definition) is 1. The van der Waals surface area contributed by atoms with Crippen molar-refractivity contribution in [3.63, 3.8) is 0 Å². The molecule has 0 fully saturated rings. The van der Waals surface area contributed by atoms with Crippen LogP contribution in [0.2, 0.25) is 0 Å². The maximum Gasteiger partial charge on any atom is 0.165 e. The van der Waals surface area contributed by atoms with E-state index in [1.54, 1.807) is 12.1 Å². The lowest BCUT2D eigenvalue weighted by Gasteiger charge is -2.10. The molecule has 0 bridgehead atoms. The summed E-state index contributed by atoms with van der Waals surface area (Å²) >= 11 is 0. The molecule has 0 unspecified atom stereocenters. The van der Waals surface area contributed by atoms with Gasteiger partial charge in [-0.1, -0.05) is 12.1 Å². The van der Waals surface area contributed by atoms with Crippen LogP contribution in [-0.4, -0.2) is 9.78 Å². The van der Waals surface area contributed by atoms with E-state index in [4.69, 9.17) is 10.5 Å². The predicted octanol–water partition coefficient (Wildman–Crippen LogP) is 2.64. The van der Waals surface area contributed by atoms with Gasteiger partial charge in [-0.3, -0.25) is 4.68 Å². The number of rotatable bonds is 5. The summed E-state index contributed by atoms with van der Waals surface area (Å²) in [5.74, 6) is -0.185. The molecule has 2 rings (SSSR count). The molecule has 5 heteroatoms. The number of nitrogens with two attached hydrogens (primary N) is 1. The van der Waals surface area contributed by atoms with Crippen molar-refractivity contribution in [3.05, 3.63) is 47.5 Å². The van der Waals surface area contributed by atoms with Crippen molar-refractivity contribution in [1.29, 1.82) is 0 Å². The van der Waals surface area contributed by atoms with Gasteiger partial charge in [-0.25, -0.2) is 4.39 Å². The second-order valence-electron chi connectivity index (χ2n) is 4.60. The molecule has 0 saturated heterocycles. The maximum atomic E-state index is 13.7. The minimum absolute atomic E-state index is 0.212. The van der Waals surface area contributed by atoms with Crippen LogP contribution in [0.25, 0.3) is 0 Å². The van der Waals surface area contributed by atoms with Gasteiger partial charge in [0.1, 0.15) is 6.61 Å². The maximum absolute atomic E-state index is 13.7. The standard InChI is InChI=1S/C14H18FN3O/c1-10(2)18-7-6-12(17-18)9-19-14-11(8-16)4-3-5-13(14)15/h3-7,10H,8-9,16H2,1-2H3. The van der Waals surface area contributed by atoms with Crippen LogP contribution in [-0.2, 0) is 13.2 Å². The lowest BCUT2D eigenvalue weighted by molar-refractivity contribution is 0.280. The second-order valence-corrected chi connectivity index (χ2v) is 4.60. The number of hydrogen-bond acceptors (Lipinski definition) is 3. The van der Waals surface area contributed by atoms with Crippen LogP contribution < -0.4 is 10.5 Å². The Labute approximate surface area is 112 Å². The third kappa shape index (κ3) is 3.12. The molecular formula is C14H18FN3O. The average molecular weight is 263 g/mol. The largest absolute Gasteiger partial charge is 0.484 e. The Morgan fingerprint density at radius 3 is 2.79 bits per heavy atom. The molecular weight excluding hydrogens is 245 g/mol. The summed E-state index contributed by atoms with van der Waals surface area (Å²) in [5.41, 5.74) is 6.99. The lowest BCUT2D eigenvalue weighted by atomic mass is 10.2. The van der Waals surface area contributed by atoms with Crippen molar-refractivity contribution in [2.24, 2.45) is 5.73 Å². The van der Waals surface area contributed by atoms with E-state index in [2.05, 4.69) is 5.10 Å². The lowest BCUT2D eigenvalue weighted by Crippen LogP contribution is -2.06. The monoisotopic (exact) mass is 263 g/mol. The fourth-order valence-corrected chi connectivity index (χ4v) is 1.76. The van der Waals surface area contributed by atoms with Crippen LogP contribution in [0.5, 0.6) is 5.75 Å². The number of benzene rings is 1. The van der Waals surface area contributed by atoms with Crippen molar-refractivity contribution in [2.45, 2.75) is 33.0 Å². The molecule has 0 amide bonds. The first kappa shape index (κ1) is 13.5. The quantitative estimate of drug-likeness (QED) is 0.902. The molecule has 0 spiro atoms. The van der Waals surface area contributed by atoms with Crippen molar-refractivity contribution in [1.82, 2.24) is 9.78 Å². The summed E-state index contributed by atoms with van der Waals surface area (Å²) in [4.78, 5) is 0. The van der Waals surface area contributed by atoms with Crippen LogP contribution in [0.15, 0.2) is 30.5 Å². The van der Waals surface area contributed by atoms with Crippen molar-refractivity contribution in [2.75, 3.05) is 0 Å².